The molecule has 0 saturated heterocycles. The minimum absolute atomic E-state index is 0.675. The van der Waals surface area contributed by atoms with E-state index in [9.17, 15) is 0 Å². The third kappa shape index (κ3) is 2.24. The molecule has 0 spiro atoms. The highest BCUT2D eigenvalue weighted by atomic mass is 15.1. The third-order valence-electron chi connectivity index (χ3n) is 4.04. The maximum atomic E-state index is 4.16. The van der Waals surface area contributed by atoms with Gasteiger partial charge in [0.2, 0.25) is 0 Å². The van der Waals surface area contributed by atoms with Crippen LogP contribution in [0.25, 0.3) is 0 Å². The Kier molecular flexibility index (Phi) is 3.13. The first-order valence-electron chi connectivity index (χ1n) is 6.16. The van der Waals surface area contributed by atoms with E-state index in [0.717, 1.165) is 17.8 Å². The van der Waals surface area contributed by atoms with Crippen molar-refractivity contribution in [3.63, 3.8) is 0 Å². The molecule has 1 saturated carbocycles. The van der Waals surface area contributed by atoms with E-state index in [2.05, 4.69) is 36.5 Å². The molecular formula is C13H22N2. The average Bonchev–Trinajstić information content (AvgIpc) is 2.71. The van der Waals surface area contributed by atoms with Crippen molar-refractivity contribution in [2.45, 2.75) is 46.1 Å². The molecule has 15 heavy (non-hydrogen) atoms. The van der Waals surface area contributed by atoms with Crippen molar-refractivity contribution < 1.29 is 0 Å². The van der Waals surface area contributed by atoms with Gasteiger partial charge in [0, 0.05) is 18.4 Å². The standard InChI is InChI=1S/C13H22N2/c1-10(2)12-5-4-11(3)13(8-12)15-7-6-14-9-15/h6-7,9-13H,4-5,8H2,1-3H3. The van der Waals surface area contributed by atoms with E-state index in [4.69, 9.17) is 0 Å². The normalized spacial score (nSPS) is 32.1. The molecule has 0 N–H and O–H groups in total. The largest absolute Gasteiger partial charge is 0.334 e. The van der Waals surface area contributed by atoms with E-state index in [-0.39, 0.29) is 0 Å². The fourth-order valence-corrected chi connectivity index (χ4v) is 2.82. The third-order valence-corrected chi connectivity index (χ3v) is 4.04. The number of hydrogen-bond donors (Lipinski definition) is 0. The van der Waals surface area contributed by atoms with Crippen molar-refractivity contribution in [1.29, 1.82) is 0 Å². The van der Waals surface area contributed by atoms with Gasteiger partial charge in [-0.2, -0.15) is 0 Å². The highest BCUT2D eigenvalue weighted by Crippen LogP contribution is 2.39. The van der Waals surface area contributed by atoms with Crippen molar-refractivity contribution in [1.82, 2.24) is 9.55 Å². The highest BCUT2D eigenvalue weighted by molar-refractivity contribution is 4.88. The molecule has 2 rings (SSSR count). The fraction of sp³-hybridized carbons (Fsp3) is 0.769. The number of aromatic nitrogens is 2. The molecule has 2 heteroatoms. The van der Waals surface area contributed by atoms with Gasteiger partial charge in [0.1, 0.15) is 0 Å². The predicted octanol–water partition coefficient (Wildman–Crippen LogP) is 3.52. The van der Waals surface area contributed by atoms with Crippen molar-refractivity contribution in [2.24, 2.45) is 17.8 Å². The minimum atomic E-state index is 0.675. The van der Waals surface area contributed by atoms with Gasteiger partial charge in [-0.3, -0.25) is 0 Å². The molecule has 1 aliphatic rings. The Hall–Kier alpha value is -0.790. The van der Waals surface area contributed by atoms with Crippen LogP contribution in [-0.4, -0.2) is 9.55 Å². The second-order valence-corrected chi connectivity index (χ2v) is 5.37. The van der Waals surface area contributed by atoms with E-state index in [0.29, 0.717) is 6.04 Å². The van der Waals surface area contributed by atoms with Crippen LogP contribution in [0.5, 0.6) is 0 Å². The summed E-state index contributed by atoms with van der Waals surface area (Å²) in [5.41, 5.74) is 0. The lowest BCUT2D eigenvalue weighted by atomic mass is 9.74. The van der Waals surface area contributed by atoms with Crippen LogP contribution in [0, 0.1) is 17.8 Å². The van der Waals surface area contributed by atoms with Gasteiger partial charge in [0.15, 0.2) is 0 Å². The van der Waals surface area contributed by atoms with Gasteiger partial charge in [-0.05, 0) is 37.0 Å². The molecule has 84 valence electrons. The van der Waals surface area contributed by atoms with Crippen molar-refractivity contribution in [3.05, 3.63) is 18.7 Å². The molecule has 3 atom stereocenters. The monoisotopic (exact) mass is 206 g/mol. The Morgan fingerprint density at radius 3 is 2.73 bits per heavy atom. The summed E-state index contributed by atoms with van der Waals surface area (Å²) in [5, 5.41) is 0. The summed E-state index contributed by atoms with van der Waals surface area (Å²) in [7, 11) is 0. The molecule has 0 amide bonds. The zero-order chi connectivity index (χ0) is 10.8. The zero-order valence-corrected chi connectivity index (χ0v) is 10.1. The molecule has 0 aliphatic heterocycles. The Balaban J connectivity index is 2.09. The smallest absolute Gasteiger partial charge is 0.0948 e. The molecule has 1 aromatic rings. The first-order chi connectivity index (χ1) is 7.18. The molecule has 0 radical (unpaired) electrons. The molecular weight excluding hydrogens is 184 g/mol. The molecule has 1 aliphatic carbocycles. The summed E-state index contributed by atoms with van der Waals surface area (Å²) in [6.45, 7) is 7.08. The molecule has 1 aromatic heterocycles. The van der Waals surface area contributed by atoms with E-state index in [1.807, 2.05) is 12.5 Å². The van der Waals surface area contributed by atoms with E-state index in [1.54, 1.807) is 0 Å². The van der Waals surface area contributed by atoms with Crippen LogP contribution < -0.4 is 0 Å². The SMILES string of the molecule is CC(C)C1CCC(C)C(n2ccnc2)C1. The Bertz CT molecular complexity index is 289. The first-order valence-corrected chi connectivity index (χ1v) is 6.16. The van der Waals surface area contributed by atoms with Crippen LogP contribution in [0.2, 0.25) is 0 Å². The second kappa shape index (κ2) is 4.38. The van der Waals surface area contributed by atoms with Crippen molar-refractivity contribution >= 4 is 0 Å². The predicted molar refractivity (Wildman–Crippen MR) is 62.6 cm³/mol. The van der Waals surface area contributed by atoms with Gasteiger partial charge in [-0.25, -0.2) is 4.98 Å². The summed E-state index contributed by atoms with van der Waals surface area (Å²) < 4.78 is 2.30. The molecule has 2 nitrogen and oxygen atoms in total. The lowest BCUT2D eigenvalue weighted by Crippen LogP contribution is -2.27. The number of imidazole rings is 1. The summed E-state index contributed by atoms with van der Waals surface area (Å²) in [6, 6.07) is 0.675. The van der Waals surface area contributed by atoms with Crippen LogP contribution in [0.3, 0.4) is 0 Å². The Morgan fingerprint density at radius 2 is 2.13 bits per heavy atom. The van der Waals surface area contributed by atoms with Crippen LogP contribution >= 0.6 is 0 Å². The van der Waals surface area contributed by atoms with Crippen LogP contribution in [0.1, 0.15) is 46.1 Å². The zero-order valence-electron chi connectivity index (χ0n) is 10.1. The van der Waals surface area contributed by atoms with Crippen molar-refractivity contribution in [3.8, 4) is 0 Å². The fourth-order valence-electron chi connectivity index (χ4n) is 2.82. The molecule has 1 fully saturated rings. The second-order valence-electron chi connectivity index (χ2n) is 5.37. The van der Waals surface area contributed by atoms with Crippen LogP contribution in [-0.2, 0) is 0 Å². The van der Waals surface area contributed by atoms with E-state index >= 15 is 0 Å². The molecule has 1 heterocycles. The molecule has 0 aromatic carbocycles. The van der Waals surface area contributed by atoms with Crippen LogP contribution in [0.4, 0.5) is 0 Å². The maximum Gasteiger partial charge on any atom is 0.0948 e. The van der Waals surface area contributed by atoms with Gasteiger partial charge in [-0.15, -0.1) is 0 Å². The lowest BCUT2D eigenvalue weighted by molar-refractivity contribution is 0.162. The molecule has 3 unspecified atom stereocenters. The molecule has 0 bridgehead atoms. The lowest BCUT2D eigenvalue weighted by Gasteiger charge is -2.36. The summed E-state index contributed by atoms with van der Waals surface area (Å²) in [4.78, 5) is 4.16. The summed E-state index contributed by atoms with van der Waals surface area (Å²) >= 11 is 0. The topological polar surface area (TPSA) is 17.8 Å². The van der Waals surface area contributed by atoms with Gasteiger partial charge in [0.05, 0.1) is 6.33 Å². The average molecular weight is 206 g/mol. The van der Waals surface area contributed by atoms with Crippen LogP contribution in [0.15, 0.2) is 18.7 Å². The van der Waals surface area contributed by atoms with Gasteiger partial charge in [-0.1, -0.05) is 20.8 Å². The van der Waals surface area contributed by atoms with Crippen molar-refractivity contribution in [2.75, 3.05) is 0 Å². The van der Waals surface area contributed by atoms with E-state index in [1.165, 1.54) is 19.3 Å². The maximum absolute atomic E-state index is 4.16. The Morgan fingerprint density at radius 1 is 1.33 bits per heavy atom. The summed E-state index contributed by atoms with van der Waals surface area (Å²) in [5.74, 6) is 2.52. The summed E-state index contributed by atoms with van der Waals surface area (Å²) in [6.07, 6.45) is 10.1. The van der Waals surface area contributed by atoms with Gasteiger partial charge in [0.25, 0.3) is 0 Å². The number of rotatable bonds is 2. The first kappa shape index (κ1) is 10.7. The quantitative estimate of drug-likeness (QED) is 0.724. The highest BCUT2D eigenvalue weighted by Gasteiger charge is 2.29. The number of nitrogens with zero attached hydrogens (tertiary/aromatic N) is 2. The van der Waals surface area contributed by atoms with Gasteiger partial charge >= 0.3 is 0 Å². The van der Waals surface area contributed by atoms with Gasteiger partial charge < -0.3 is 4.57 Å². The van der Waals surface area contributed by atoms with E-state index < -0.39 is 0 Å². The minimum Gasteiger partial charge on any atom is -0.334 e. The Labute approximate surface area is 92.7 Å². The number of hydrogen-bond acceptors (Lipinski definition) is 1.